The third-order valence-corrected chi connectivity index (χ3v) is 2.06. The summed E-state index contributed by atoms with van der Waals surface area (Å²) in [6.45, 7) is 4.12. The maximum Gasteiger partial charge on any atom is 0.169 e. The van der Waals surface area contributed by atoms with Gasteiger partial charge in [-0.25, -0.2) is 4.98 Å². The second kappa shape index (κ2) is 3.62. The molecular formula is C8H10NOS. The van der Waals surface area contributed by atoms with Crippen molar-refractivity contribution in [2.45, 2.75) is 20.3 Å². The van der Waals surface area contributed by atoms with Crippen molar-refractivity contribution in [3.8, 4) is 0 Å². The monoisotopic (exact) mass is 168 g/mol. The van der Waals surface area contributed by atoms with Crippen LogP contribution in [0.15, 0.2) is 5.38 Å². The summed E-state index contributed by atoms with van der Waals surface area (Å²) in [7, 11) is 0. The first-order valence-electron chi connectivity index (χ1n) is 3.41. The van der Waals surface area contributed by atoms with E-state index in [1.807, 2.05) is 0 Å². The van der Waals surface area contributed by atoms with Crippen LogP contribution in [0.2, 0.25) is 0 Å². The van der Waals surface area contributed by atoms with Crippen LogP contribution in [0.4, 0.5) is 0 Å². The van der Waals surface area contributed by atoms with Crippen molar-refractivity contribution in [2.75, 3.05) is 0 Å². The van der Waals surface area contributed by atoms with E-state index in [0.29, 0.717) is 5.69 Å². The van der Waals surface area contributed by atoms with Crippen LogP contribution in [0.1, 0.15) is 29.3 Å². The Labute approximate surface area is 70.3 Å². The largest absolute Gasteiger partial charge is 0.296 e. The Morgan fingerprint density at radius 3 is 2.91 bits per heavy atom. The summed E-state index contributed by atoms with van der Waals surface area (Å²) in [5.74, 6) is 1.32. The zero-order valence-electron chi connectivity index (χ0n) is 6.63. The highest BCUT2D eigenvalue weighted by molar-refractivity contribution is 7.09. The molecule has 0 saturated carbocycles. The molecule has 0 N–H and O–H groups in total. The number of aldehydes is 1. The molecule has 1 rings (SSSR count). The van der Waals surface area contributed by atoms with Crippen molar-refractivity contribution in [3.05, 3.63) is 22.0 Å². The number of thiazole rings is 1. The fraction of sp³-hybridized carbons (Fsp3) is 0.375. The van der Waals surface area contributed by atoms with Gasteiger partial charge in [-0.2, -0.15) is 0 Å². The summed E-state index contributed by atoms with van der Waals surface area (Å²) in [6, 6.07) is 0. The van der Waals surface area contributed by atoms with Crippen LogP contribution >= 0.6 is 11.3 Å². The van der Waals surface area contributed by atoms with Gasteiger partial charge in [0.2, 0.25) is 0 Å². The summed E-state index contributed by atoms with van der Waals surface area (Å²) in [5, 5.41) is 2.80. The van der Waals surface area contributed by atoms with Crippen LogP contribution in [-0.4, -0.2) is 11.3 Å². The van der Waals surface area contributed by atoms with Gasteiger partial charge in [0.1, 0.15) is 5.69 Å². The molecule has 0 aliphatic rings. The number of carbonyl (C=O) groups excluding carboxylic acids is 1. The van der Waals surface area contributed by atoms with E-state index < -0.39 is 0 Å². The second-order valence-corrected chi connectivity index (χ2v) is 3.61. The molecule has 0 saturated heterocycles. The standard InChI is InChI=1S/C8H10NOS/c1-6(2)3-8-9-7(4-10)5-11-8/h4-5H,3H2,1-2H3. The lowest BCUT2D eigenvalue weighted by molar-refractivity contribution is 0.111. The first-order chi connectivity index (χ1) is 5.22. The SMILES string of the molecule is C[C](C)Cc1nc(C=O)cs1. The number of nitrogens with zero attached hydrogens (tertiary/aromatic N) is 1. The Balaban J connectivity index is 2.65. The van der Waals surface area contributed by atoms with Crippen molar-refractivity contribution >= 4 is 17.6 Å². The van der Waals surface area contributed by atoms with Crippen LogP contribution in [0.5, 0.6) is 0 Å². The van der Waals surface area contributed by atoms with E-state index in [9.17, 15) is 4.79 Å². The van der Waals surface area contributed by atoms with Crippen molar-refractivity contribution in [1.82, 2.24) is 4.98 Å². The predicted molar refractivity (Wildman–Crippen MR) is 45.8 cm³/mol. The molecule has 0 amide bonds. The quantitative estimate of drug-likeness (QED) is 0.647. The minimum atomic E-state index is 0.547. The van der Waals surface area contributed by atoms with Crippen LogP contribution in [-0.2, 0) is 6.42 Å². The molecule has 0 spiro atoms. The fourth-order valence-electron chi connectivity index (χ4n) is 0.763. The molecule has 0 fully saturated rings. The van der Waals surface area contributed by atoms with Gasteiger partial charge in [0.15, 0.2) is 6.29 Å². The van der Waals surface area contributed by atoms with Gasteiger partial charge in [0.05, 0.1) is 5.01 Å². The molecule has 0 atom stereocenters. The smallest absolute Gasteiger partial charge is 0.169 e. The minimum absolute atomic E-state index is 0.547. The van der Waals surface area contributed by atoms with Gasteiger partial charge < -0.3 is 0 Å². The van der Waals surface area contributed by atoms with Crippen LogP contribution in [0.3, 0.4) is 0 Å². The molecule has 0 aromatic carbocycles. The zero-order valence-corrected chi connectivity index (χ0v) is 7.44. The highest BCUT2D eigenvalue weighted by Gasteiger charge is 2.02. The summed E-state index contributed by atoms with van der Waals surface area (Å²) in [6.07, 6.45) is 1.67. The van der Waals surface area contributed by atoms with E-state index in [-0.39, 0.29) is 0 Å². The number of carbonyl (C=O) groups is 1. The molecular weight excluding hydrogens is 158 g/mol. The average Bonchev–Trinajstić information content (AvgIpc) is 2.34. The van der Waals surface area contributed by atoms with E-state index in [2.05, 4.69) is 18.8 Å². The third kappa shape index (κ3) is 2.42. The Morgan fingerprint density at radius 2 is 2.45 bits per heavy atom. The Morgan fingerprint density at radius 1 is 1.73 bits per heavy atom. The zero-order chi connectivity index (χ0) is 8.27. The highest BCUT2D eigenvalue weighted by Crippen LogP contribution is 2.13. The topological polar surface area (TPSA) is 30.0 Å². The van der Waals surface area contributed by atoms with Crippen molar-refractivity contribution < 1.29 is 4.79 Å². The first-order valence-corrected chi connectivity index (χ1v) is 4.29. The van der Waals surface area contributed by atoms with Gasteiger partial charge in [-0.15, -0.1) is 11.3 Å². The summed E-state index contributed by atoms with van der Waals surface area (Å²) < 4.78 is 0. The maximum atomic E-state index is 10.2. The van der Waals surface area contributed by atoms with Gasteiger partial charge in [0.25, 0.3) is 0 Å². The highest BCUT2D eigenvalue weighted by atomic mass is 32.1. The van der Waals surface area contributed by atoms with Crippen molar-refractivity contribution in [3.63, 3.8) is 0 Å². The predicted octanol–water partition coefficient (Wildman–Crippen LogP) is 2.11. The molecule has 1 heterocycles. The van der Waals surface area contributed by atoms with Gasteiger partial charge >= 0.3 is 0 Å². The van der Waals surface area contributed by atoms with Crippen molar-refractivity contribution in [2.24, 2.45) is 0 Å². The number of hydrogen-bond acceptors (Lipinski definition) is 3. The molecule has 0 bridgehead atoms. The molecule has 3 heteroatoms. The van der Waals surface area contributed by atoms with Gasteiger partial charge in [-0.05, 0) is 5.92 Å². The van der Waals surface area contributed by atoms with E-state index in [1.54, 1.807) is 5.38 Å². The Kier molecular flexibility index (Phi) is 2.76. The maximum absolute atomic E-state index is 10.2. The molecule has 59 valence electrons. The van der Waals surface area contributed by atoms with Gasteiger partial charge in [-0.3, -0.25) is 4.79 Å². The summed E-state index contributed by atoms with van der Waals surface area (Å²) in [4.78, 5) is 14.3. The van der Waals surface area contributed by atoms with E-state index >= 15 is 0 Å². The molecule has 1 aromatic rings. The average molecular weight is 168 g/mol. The lowest BCUT2D eigenvalue weighted by Crippen LogP contribution is -1.91. The second-order valence-electron chi connectivity index (χ2n) is 2.67. The Hall–Kier alpha value is -0.700. The van der Waals surface area contributed by atoms with Gasteiger partial charge in [0, 0.05) is 11.8 Å². The molecule has 0 unspecified atom stereocenters. The van der Waals surface area contributed by atoms with Crippen LogP contribution < -0.4 is 0 Å². The normalized spacial score (nSPS) is 10.5. The van der Waals surface area contributed by atoms with E-state index in [0.717, 1.165) is 17.7 Å². The third-order valence-electron chi connectivity index (χ3n) is 1.20. The first kappa shape index (κ1) is 8.40. The molecule has 1 aromatic heterocycles. The van der Waals surface area contributed by atoms with E-state index in [4.69, 9.17) is 0 Å². The summed E-state index contributed by atoms with van der Waals surface area (Å²) in [5.41, 5.74) is 0.547. The molecule has 1 radical (unpaired) electrons. The molecule has 0 aliphatic carbocycles. The lowest BCUT2D eigenvalue weighted by atomic mass is 10.1. The minimum Gasteiger partial charge on any atom is -0.296 e. The molecule has 0 aliphatic heterocycles. The fourth-order valence-corrected chi connectivity index (χ4v) is 1.66. The molecule has 2 nitrogen and oxygen atoms in total. The van der Waals surface area contributed by atoms with Crippen molar-refractivity contribution in [1.29, 1.82) is 0 Å². The summed E-state index contributed by atoms with van der Waals surface area (Å²) >= 11 is 1.54. The number of hydrogen-bond donors (Lipinski definition) is 0. The Bertz CT molecular complexity index is 242. The number of aromatic nitrogens is 1. The molecule has 11 heavy (non-hydrogen) atoms. The number of rotatable bonds is 3. The lowest BCUT2D eigenvalue weighted by Gasteiger charge is -1.96. The van der Waals surface area contributed by atoms with Crippen LogP contribution in [0.25, 0.3) is 0 Å². The van der Waals surface area contributed by atoms with E-state index in [1.165, 1.54) is 17.3 Å². The van der Waals surface area contributed by atoms with Crippen LogP contribution in [0, 0.1) is 5.92 Å². The van der Waals surface area contributed by atoms with Gasteiger partial charge in [-0.1, -0.05) is 13.8 Å².